The van der Waals surface area contributed by atoms with Crippen LogP contribution in [0.3, 0.4) is 0 Å². The van der Waals surface area contributed by atoms with Gasteiger partial charge in [0.15, 0.2) is 18.2 Å². The summed E-state index contributed by atoms with van der Waals surface area (Å²) in [7, 11) is 1.66. The number of carbonyl (C=O) groups excluding carboxylic acids is 2. The van der Waals surface area contributed by atoms with Crippen LogP contribution in [0.4, 0.5) is 14.9 Å². The lowest BCUT2D eigenvalue weighted by Crippen LogP contribution is -2.65. The Morgan fingerprint density at radius 3 is 2.45 bits per heavy atom. The number of anilines is 1. The number of urea groups is 1. The van der Waals surface area contributed by atoms with Gasteiger partial charge < -0.3 is 19.6 Å². The topological polar surface area (TPSA) is 71.5 Å². The van der Waals surface area contributed by atoms with E-state index in [9.17, 15) is 14.0 Å². The highest BCUT2D eigenvalue weighted by Crippen LogP contribution is 2.28. The molecule has 0 aliphatic carbocycles. The van der Waals surface area contributed by atoms with Crippen molar-refractivity contribution in [2.24, 2.45) is 10.9 Å². The van der Waals surface area contributed by atoms with E-state index in [1.165, 1.54) is 11.0 Å². The molecular formula is C20H27FN6O2. The van der Waals surface area contributed by atoms with E-state index in [1.54, 1.807) is 19.2 Å². The minimum atomic E-state index is -0.519. The minimum absolute atomic E-state index is 0.219. The van der Waals surface area contributed by atoms with Crippen LogP contribution >= 0.6 is 0 Å². The van der Waals surface area contributed by atoms with E-state index in [2.05, 4.69) is 24.1 Å². The summed E-state index contributed by atoms with van der Waals surface area (Å²) >= 11 is 0. The number of para-hydroxylation sites is 1. The van der Waals surface area contributed by atoms with Gasteiger partial charge in [-0.2, -0.15) is 0 Å². The van der Waals surface area contributed by atoms with Gasteiger partial charge in [0.2, 0.25) is 0 Å². The second kappa shape index (κ2) is 7.53. The Kier molecular flexibility index (Phi) is 5.06. The van der Waals surface area contributed by atoms with Crippen LogP contribution in [0.1, 0.15) is 13.8 Å². The first kappa shape index (κ1) is 19.5. The van der Waals surface area contributed by atoms with Crippen molar-refractivity contribution in [2.45, 2.75) is 26.1 Å². The number of rotatable bonds is 3. The number of hydrogen-bond donors (Lipinski definition) is 1. The molecule has 0 spiro atoms. The number of nitrogens with zero attached hydrogens (tertiary/aromatic N) is 5. The van der Waals surface area contributed by atoms with Crippen LogP contribution in [-0.4, -0.2) is 84.6 Å². The van der Waals surface area contributed by atoms with E-state index in [4.69, 9.17) is 4.99 Å². The summed E-state index contributed by atoms with van der Waals surface area (Å²) in [6, 6.07) is 5.87. The second-order valence-electron chi connectivity index (χ2n) is 8.16. The number of imide groups is 1. The number of carbonyl (C=O) groups is 2. The molecule has 1 aromatic rings. The van der Waals surface area contributed by atoms with E-state index in [-0.39, 0.29) is 11.7 Å². The molecular weight excluding hydrogens is 375 g/mol. The molecule has 4 rings (SSSR count). The third kappa shape index (κ3) is 3.49. The van der Waals surface area contributed by atoms with Crippen molar-refractivity contribution in [1.29, 1.82) is 0 Å². The molecule has 3 heterocycles. The Morgan fingerprint density at radius 1 is 1.14 bits per heavy atom. The molecule has 8 nitrogen and oxygen atoms in total. The molecule has 3 aliphatic rings. The molecule has 1 N–H and O–H groups in total. The number of aliphatic imine (C=N–C) groups is 1. The standard InChI is InChI=1S/C20H27FN6O2/c1-13(2)12-27-16-17(24(3)20(29)23-18(16)28)22-19(27)26-10-8-25(9-11-26)15-7-5-4-6-14(15)21/h4-7,13,16-17H,8-12H2,1-3H3,(H,23,28,29). The van der Waals surface area contributed by atoms with Crippen LogP contribution < -0.4 is 10.2 Å². The number of piperazine rings is 1. The fraction of sp³-hybridized carbons (Fsp3) is 0.550. The first-order valence-electron chi connectivity index (χ1n) is 10.0. The number of hydrogen-bond acceptors (Lipinski definition) is 6. The number of likely N-dealkylation sites (N-methyl/N-ethyl adjacent to an activating group) is 1. The summed E-state index contributed by atoms with van der Waals surface area (Å²) in [6.07, 6.45) is -0.519. The molecule has 0 radical (unpaired) electrons. The zero-order valence-corrected chi connectivity index (χ0v) is 17.0. The first-order chi connectivity index (χ1) is 13.9. The van der Waals surface area contributed by atoms with Crippen molar-refractivity contribution in [3.05, 3.63) is 30.1 Å². The predicted molar refractivity (Wildman–Crippen MR) is 108 cm³/mol. The Morgan fingerprint density at radius 2 is 1.79 bits per heavy atom. The lowest BCUT2D eigenvalue weighted by atomic mass is 10.1. The number of amides is 3. The summed E-state index contributed by atoms with van der Waals surface area (Å²) in [4.78, 5) is 37.1. The lowest BCUT2D eigenvalue weighted by molar-refractivity contribution is -0.127. The van der Waals surface area contributed by atoms with E-state index >= 15 is 0 Å². The van der Waals surface area contributed by atoms with Gasteiger partial charge in [0.25, 0.3) is 5.91 Å². The summed E-state index contributed by atoms with van der Waals surface area (Å²) in [5, 5.41) is 2.43. The number of nitrogens with one attached hydrogen (secondary N) is 1. The molecule has 0 saturated carbocycles. The largest absolute Gasteiger partial charge is 0.366 e. The van der Waals surface area contributed by atoms with Gasteiger partial charge in [0.05, 0.1) is 5.69 Å². The van der Waals surface area contributed by atoms with Gasteiger partial charge in [-0.1, -0.05) is 26.0 Å². The number of fused-ring (bicyclic) bond motifs is 1. The van der Waals surface area contributed by atoms with Crippen LogP contribution in [0, 0.1) is 11.7 Å². The molecule has 29 heavy (non-hydrogen) atoms. The van der Waals surface area contributed by atoms with Crippen LogP contribution in [0.2, 0.25) is 0 Å². The number of halogens is 1. The molecule has 156 valence electrons. The van der Waals surface area contributed by atoms with E-state index in [1.807, 2.05) is 15.9 Å². The highest BCUT2D eigenvalue weighted by atomic mass is 19.1. The van der Waals surface area contributed by atoms with Crippen molar-refractivity contribution in [2.75, 3.05) is 44.7 Å². The second-order valence-corrected chi connectivity index (χ2v) is 8.16. The Bertz CT molecular complexity index is 836. The van der Waals surface area contributed by atoms with Crippen molar-refractivity contribution >= 4 is 23.6 Å². The van der Waals surface area contributed by atoms with Gasteiger partial charge in [-0.05, 0) is 18.1 Å². The maximum atomic E-state index is 14.1. The number of guanidine groups is 1. The summed E-state index contributed by atoms with van der Waals surface area (Å²) < 4.78 is 14.1. The first-order valence-corrected chi connectivity index (χ1v) is 10.0. The average molecular weight is 402 g/mol. The Labute approximate surface area is 169 Å². The van der Waals surface area contributed by atoms with Gasteiger partial charge >= 0.3 is 6.03 Å². The highest BCUT2D eigenvalue weighted by Gasteiger charge is 2.49. The quantitative estimate of drug-likeness (QED) is 0.821. The molecule has 1 aromatic carbocycles. The van der Waals surface area contributed by atoms with Gasteiger partial charge in [0, 0.05) is 39.8 Å². The van der Waals surface area contributed by atoms with Gasteiger partial charge in [-0.15, -0.1) is 0 Å². The molecule has 9 heteroatoms. The molecule has 3 aliphatic heterocycles. The maximum absolute atomic E-state index is 14.1. The van der Waals surface area contributed by atoms with Crippen LogP contribution in [0.15, 0.2) is 29.3 Å². The summed E-state index contributed by atoms with van der Waals surface area (Å²) in [6.45, 7) is 7.51. The normalized spacial score (nSPS) is 24.8. The molecule has 2 fully saturated rings. The van der Waals surface area contributed by atoms with E-state index < -0.39 is 18.2 Å². The molecule has 0 aromatic heterocycles. The zero-order valence-electron chi connectivity index (χ0n) is 17.0. The number of benzene rings is 1. The van der Waals surface area contributed by atoms with Crippen LogP contribution in [0.5, 0.6) is 0 Å². The predicted octanol–water partition coefficient (Wildman–Crippen LogP) is 1.15. The van der Waals surface area contributed by atoms with E-state index in [0.29, 0.717) is 44.3 Å². The molecule has 3 amide bonds. The van der Waals surface area contributed by atoms with Crippen molar-refractivity contribution in [1.82, 2.24) is 20.0 Å². The van der Waals surface area contributed by atoms with Crippen LogP contribution in [-0.2, 0) is 4.79 Å². The van der Waals surface area contributed by atoms with E-state index in [0.717, 1.165) is 5.96 Å². The average Bonchev–Trinajstić information content (AvgIpc) is 3.06. The SMILES string of the molecule is CC(C)CN1C(N2CCN(c3ccccc3F)CC2)=NC2C1C(=O)NC(=O)N2C. The van der Waals surface area contributed by atoms with Crippen molar-refractivity contribution in [3.8, 4) is 0 Å². The third-order valence-corrected chi connectivity index (χ3v) is 5.66. The molecule has 2 atom stereocenters. The van der Waals surface area contributed by atoms with Crippen molar-refractivity contribution < 1.29 is 14.0 Å². The third-order valence-electron chi connectivity index (χ3n) is 5.66. The van der Waals surface area contributed by atoms with Gasteiger partial charge in [-0.3, -0.25) is 10.1 Å². The Hall–Kier alpha value is -2.84. The Balaban J connectivity index is 1.54. The van der Waals surface area contributed by atoms with Gasteiger partial charge in [0.1, 0.15) is 5.82 Å². The summed E-state index contributed by atoms with van der Waals surface area (Å²) in [5.41, 5.74) is 0.609. The minimum Gasteiger partial charge on any atom is -0.366 e. The summed E-state index contributed by atoms with van der Waals surface area (Å²) in [5.74, 6) is 0.555. The van der Waals surface area contributed by atoms with Crippen molar-refractivity contribution in [3.63, 3.8) is 0 Å². The maximum Gasteiger partial charge on any atom is 0.325 e. The molecule has 2 saturated heterocycles. The fourth-order valence-electron chi connectivity index (χ4n) is 4.22. The fourth-order valence-corrected chi connectivity index (χ4v) is 4.22. The molecule has 0 bridgehead atoms. The zero-order chi connectivity index (χ0) is 20.7. The van der Waals surface area contributed by atoms with Gasteiger partial charge in [-0.25, -0.2) is 14.2 Å². The van der Waals surface area contributed by atoms with Crippen LogP contribution in [0.25, 0.3) is 0 Å². The lowest BCUT2D eigenvalue weighted by Gasteiger charge is -2.41. The highest BCUT2D eigenvalue weighted by molar-refractivity contribution is 6.03. The smallest absolute Gasteiger partial charge is 0.325 e. The monoisotopic (exact) mass is 402 g/mol. The molecule has 2 unspecified atom stereocenters.